The minimum atomic E-state index is -0.539. The summed E-state index contributed by atoms with van der Waals surface area (Å²) in [7, 11) is 0. The molecule has 28 heavy (non-hydrogen) atoms. The van der Waals surface area contributed by atoms with Crippen molar-refractivity contribution in [1.29, 1.82) is 0 Å². The molecule has 2 aliphatic heterocycles. The van der Waals surface area contributed by atoms with Crippen LogP contribution in [0.15, 0.2) is 35.5 Å². The Bertz CT molecular complexity index is 804. The Hall–Kier alpha value is -3.03. The molecular formula is C20H24N2O6. The molecule has 2 amide bonds. The van der Waals surface area contributed by atoms with E-state index in [-0.39, 0.29) is 31.1 Å². The van der Waals surface area contributed by atoms with Gasteiger partial charge in [-0.1, -0.05) is 25.1 Å². The molecule has 2 N–H and O–H groups in total. The second kappa shape index (κ2) is 8.77. The van der Waals surface area contributed by atoms with Gasteiger partial charge in [-0.2, -0.15) is 0 Å². The van der Waals surface area contributed by atoms with Crippen LogP contribution in [0.2, 0.25) is 0 Å². The molecule has 2 unspecified atom stereocenters. The number of nitrogens with one attached hydrogen (secondary N) is 2. The van der Waals surface area contributed by atoms with Crippen molar-refractivity contribution in [2.75, 3.05) is 19.8 Å². The molecule has 0 aromatic heterocycles. The third kappa shape index (κ3) is 4.27. The van der Waals surface area contributed by atoms with Crippen molar-refractivity contribution < 1.29 is 28.6 Å². The molecule has 0 saturated heterocycles. The molecule has 0 aliphatic carbocycles. The number of benzene rings is 1. The van der Waals surface area contributed by atoms with Gasteiger partial charge in [-0.3, -0.25) is 4.79 Å². The highest BCUT2D eigenvalue weighted by Gasteiger charge is 2.33. The first-order valence-corrected chi connectivity index (χ1v) is 9.38. The molecule has 8 heteroatoms. The van der Waals surface area contributed by atoms with E-state index in [0.717, 1.165) is 11.3 Å². The molecule has 0 fully saturated rings. The Balaban J connectivity index is 1.70. The van der Waals surface area contributed by atoms with Crippen LogP contribution in [0.25, 0.3) is 0 Å². The Morgan fingerprint density at radius 1 is 1.21 bits per heavy atom. The number of para-hydroxylation sites is 1. The van der Waals surface area contributed by atoms with Gasteiger partial charge in [-0.05, 0) is 31.4 Å². The average Bonchev–Trinajstić information content (AvgIpc) is 2.71. The van der Waals surface area contributed by atoms with E-state index in [1.54, 1.807) is 6.92 Å². The van der Waals surface area contributed by atoms with Crippen molar-refractivity contribution in [3.8, 4) is 5.75 Å². The van der Waals surface area contributed by atoms with Gasteiger partial charge in [0.2, 0.25) is 0 Å². The molecule has 2 heterocycles. The number of urea groups is 1. The predicted octanol–water partition coefficient (Wildman–Crippen LogP) is 1.69. The predicted molar refractivity (Wildman–Crippen MR) is 99.5 cm³/mol. The molecule has 2 atom stereocenters. The van der Waals surface area contributed by atoms with Crippen LogP contribution in [0.4, 0.5) is 4.79 Å². The summed E-state index contributed by atoms with van der Waals surface area (Å²) in [5, 5.41) is 5.24. The standard InChI is InChI=1S/C20H24N2O6/c1-3-14-17(19(24)26-4-2)15(22-20(25)21-14)11-28-18(23)13-9-12-7-5-6-8-16(12)27-10-13/h5-8,13-14H,3-4,9-11H2,1-2H3,(H2,21,22,25). The van der Waals surface area contributed by atoms with Crippen molar-refractivity contribution in [3.05, 3.63) is 41.1 Å². The molecule has 0 radical (unpaired) electrons. The third-order valence-electron chi connectivity index (χ3n) is 4.72. The van der Waals surface area contributed by atoms with Crippen LogP contribution in [-0.4, -0.2) is 43.8 Å². The SMILES string of the molecule is CCOC(=O)C1=C(COC(=O)C2COc3ccccc3C2)NC(=O)NC1CC. The number of hydrogen-bond donors (Lipinski definition) is 2. The van der Waals surface area contributed by atoms with E-state index in [1.807, 2.05) is 31.2 Å². The summed E-state index contributed by atoms with van der Waals surface area (Å²) in [6, 6.07) is 6.61. The van der Waals surface area contributed by atoms with Gasteiger partial charge in [0.1, 0.15) is 19.0 Å². The van der Waals surface area contributed by atoms with Gasteiger partial charge in [0, 0.05) is 0 Å². The van der Waals surface area contributed by atoms with Crippen molar-refractivity contribution in [2.24, 2.45) is 5.92 Å². The average molecular weight is 388 g/mol. The first-order chi connectivity index (χ1) is 13.5. The number of ether oxygens (including phenoxy) is 3. The van der Waals surface area contributed by atoms with Gasteiger partial charge in [-0.25, -0.2) is 9.59 Å². The van der Waals surface area contributed by atoms with E-state index in [1.165, 1.54) is 0 Å². The lowest BCUT2D eigenvalue weighted by Gasteiger charge is -2.29. The van der Waals surface area contributed by atoms with Crippen molar-refractivity contribution in [3.63, 3.8) is 0 Å². The van der Waals surface area contributed by atoms with Crippen LogP contribution in [0.5, 0.6) is 5.75 Å². The van der Waals surface area contributed by atoms with Gasteiger partial charge in [-0.15, -0.1) is 0 Å². The lowest BCUT2D eigenvalue weighted by atomic mass is 9.97. The molecule has 3 rings (SSSR count). The molecule has 150 valence electrons. The fraction of sp³-hybridized carbons (Fsp3) is 0.450. The maximum absolute atomic E-state index is 12.5. The number of fused-ring (bicyclic) bond motifs is 1. The molecule has 0 bridgehead atoms. The normalized spacial score (nSPS) is 21.0. The summed E-state index contributed by atoms with van der Waals surface area (Å²) < 4.78 is 16.1. The Kier molecular flexibility index (Phi) is 6.18. The van der Waals surface area contributed by atoms with Crippen LogP contribution < -0.4 is 15.4 Å². The molecule has 1 aromatic rings. The van der Waals surface area contributed by atoms with Crippen LogP contribution >= 0.6 is 0 Å². The molecule has 1 aromatic carbocycles. The fourth-order valence-corrected chi connectivity index (χ4v) is 3.32. The zero-order valence-electron chi connectivity index (χ0n) is 15.9. The number of carbonyl (C=O) groups is 3. The Labute approximate surface area is 163 Å². The van der Waals surface area contributed by atoms with Crippen LogP contribution in [-0.2, 0) is 25.5 Å². The Morgan fingerprint density at radius 2 is 2.00 bits per heavy atom. The summed E-state index contributed by atoms with van der Waals surface area (Å²) >= 11 is 0. The summed E-state index contributed by atoms with van der Waals surface area (Å²) in [4.78, 5) is 36.7. The van der Waals surface area contributed by atoms with E-state index < -0.39 is 29.9 Å². The van der Waals surface area contributed by atoms with Crippen molar-refractivity contribution in [1.82, 2.24) is 10.6 Å². The second-order valence-electron chi connectivity index (χ2n) is 6.60. The maximum atomic E-state index is 12.5. The first kappa shape index (κ1) is 19.7. The van der Waals surface area contributed by atoms with Gasteiger partial charge in [0.25, 0.3) is 0 Å². The fourth-order valence-electron chi connectivity index (χ4n) is 3.32. The Morgan fingerprint density at radius 3 is 2.75 bits per heavy atom. The molecule has 2 aliphatic rings. The largest absolute Gasteiger partial charge is 0.492 e. The zero-order chi connectivity index (χ0) is 20.1. The zero-order valence-corrected chi connectivity index (χ0v) is 15.9. The van der Waals surface area contributed by atoms with E-state index in [9.17, 15) is 14.4 Å². The third-order valence-corrected chi connectivity index (χ3v) is 4.72. The molecule has 0 spiro atoms. The summed E-state index contributed by atoms with van der Waals surface area (Å²) in [5.41, 5.74) is 1.48. The second-order valence-corrected chi connectivity index (χ2v) is 6.60. The minimum absolute atomic E-state index is 0.207. The van der Waals surface area contributed by atoms with Crippen LogP contribution in [0, 0.1) is 5.92 Å². The molecule has 0 saturated carbocycles. The smallest absolute Gasteiger partial charge is 0.338 e. The molecular weight excluding hydrogens is 364 g/mol. The summed E-state index contributed by atoms with van der Waals surface area (Å²) in [6.45, 7) is 3.77. The highest BCUT2D eigenvalue weighted by atomic mass is 16.5. The topological polar surface area (TPSA) is 103 Å². The summed E-state index contributed by atoms with van der Waals surface area (Å²) in [5.74, 6) is -0.648. The van der Waals surface area contributed by atoms with Crippen molar-refractivity contribution >= 4 is 18.0 Å². The van der Waals surface area contributed by atoms with Gasteiger partial charge in [0.05, 0.1) is 29.8 Å². The van der Waals surface area contributed by atoms with Crippen LogP contribution in [0.1, 0.15) is 25.8 Å². The maximum Gasteiger partial charge on any atom is 0.338 e. The minimum Gasteiger partial charge on any atom is -0.492 e. The lowest BCUT2D eigenvalue weighted by molar-refractivity contribution is -0.149. The van der Waals surface area contributed by atoms with Gasteiger partial charge >= 0.3 is 18.0 Å². The highest BCUT2D eigenvalue weighted by molar-refractivity contribution is 5.94. The van der Waals surface area contributed by atoms with E-state index in [2.05, 4.69) is 10.6 Å². The van der Waals surface area contributed by atoms with E-state index >= 15 is 0 Å². The first-order valence-electron chi connectivity index (χ1n) is 9.38. The van der Waals surface area contributed by atoms with Gasteiger partial charge < -0.3 is 24.8 Å². The number of hydrogen-bond acceptors (Lipinski definition) is 6. The molecule has 8 nitrogen and oxygen atoms in total. The van der Waals surface area contributed by atoms with Crippen LogP contribution in [0.3, 0.4) is 0 Å². The number of rotatable bonds is 6. The summed E-state index contributed by atoms with van der Waals surface area (Å²) in [6.07, 6.45) is 1.02. The highest BCUT2D eigenvalue weighted by Crippen LogP contribution is 2.27. The lowest BCUT2D eigenvalue weighted by Crippen LogP contribution is -2.51. The van der Waals surface area contributed by atoms with Gasteiger partial charge in [0.15, 0.2) is 0 Å². The number of esters is 2. The van der Waals surface area contributed by atoms with Crippen molar-refractivity contribution in [2.45, 2.75) is 32.7 Å². The number of carbonyl (C=O) groups excluding carboxylic acids is 3. The monoisotopic (exact) mass is 388 g/mol. The van der Waals surface area contributed by atoms with E-state index in [0.29, 0.717) is 12.8 Å². The number of amides is 2. The quantitative estimate of drug-likeness (QED) is 0.719. The van der Waals surface area contributed by atoms with E-state index in [4.69, 9.17) is 14.2 Å².